The van der Waals surface area contributed by atoms with E-state index in [1.807, 2.05) is 24.3 Å². The fourth-order valence-electron chi connectivity index (χ4n) is 1.77. The molecule has 100 valence electrons. The molecule has 3 rings (SSSR count). The molecule has 0 fully saturated rings. The first-order valence-corrected chi connectivity index (χ1v) is 6.86. The highest BCUT2D eigenvalue weighted by Crippen LogP contribution is 2.13. The van der Waals surface area contributed by atoms with E-state index in [1.165, 1.54) is 0 Å². The van der Waals surface area contributed by atoms with E-state index in [1.54, 1.807) is 12.1 Å². The third-order valence-electron chi connectivity index (χ3n) is 2.71. The van der Waals surface area contributed by atoms with Crippen molar-refractivity contribution in [2.24, 2.45) is 0 Å². The largest absolute Gasteiger partial charge is 0.325 e. The Balaban J connectivity index is 1.88. The Morgan fingerprint density at radius 3 is 2.60 bits per heavy atom. The van der Waals surface area contributed by atoms with Crippen molar-refractivity contribution in [2.75, 3.05) is 5.32 Å². The summed E-state index contributed by atoms with van der Waals surface area (Å²) < 4.78 is 1.09. The number of imidazole rings is 1. The molecule has 0 saturated carbocycles. The number of pyridine rings is 1. The van der Waals surface area contributed by atoms with Crippen LogP contribution in [0.25, 0.3) is 11.2 Å². The first-order chi connectivity index (χ1) is 9.61. The molecule has 2 aromatic heterocycles. The van der Waals surface area contributed by atoms with E-state index in [0.717, 1.165) is 3.57 Å². The van der Waals surface area contributed by atoms with Crippen LogP contribution in [0.2, 0.25) is 0 Å². The average Bonchev–Trinajstić information content (AvgIpc) is 2.80. The fourth-order valence-corrected chi connectivity index (χ4v) is 2.13. The number of nitrogens with one attached hydrogen (secondary N) is 3. The Bertz CT molecular complexity index is 835. The fraction of sp³-hybridized carbons (Fsp3) is 0. The van der Waals surface area contributed by atoms with Gasteiger partial charge >= 0.3 is 5.69 Å². The summed E-state index contributed by atoms with van der Waals surface area (Å²) in [5.74, 6) is -0.324. The number of benzene rings is 1. The van der Waals surface area contributed by atoms with E-state index in [-0.39, 0.29) is 17.3 Å². The van der Waals surface area contributed by atoms with Crippen LogP contribution in [-0.2, 0) is 0 Å². The van der Waals surface area contributed by atoms with E-state index < -0.39 is 0 Å². The number of aromatic nitrogens is 3. The van der Waals surface area contributed by atoms with Crippen molar-refractivity contribution in [3.8, 4) is 0 Å². The molecule has 0 bridgehead atoms. The second-order valence-electron chi connectivity index (χ2n) is 4.13. The Labute approximate surface area is 126 Å². The molecule has 3 N–H and O–H groups in total. The van der Waals surface area contributed by atoms with Crippen molar-refractivity contribution in [1.82, 2.24) is 15.0 Å². The van der Waals surface area contributed by atoms with Gasteiger partial charge in [-0.3, -0.25) is 9.78 Å². The molecule has 1 amide bonds. The van der Waals surface area contributed by atoms with Crippen LogP contribution in [0.1, 0.15) is 10.5 Å². The summed E-state index contributed by atoms with van der Waals surface area (Å²) in [5, 5.41) is 2.75. The molecule has 6 nitrogen and oxygen atoms in total. The van der Waals surface area contributed by atoms with Gasteiger partial charge in [0, 0.05) is 9.26 Å². The van der Waals surface area contributed by atoms with Gasteiger partial charge in [-0.05, 0) is 59.0 Å². The second kappa shape index (κ2) is 5.08. The van der Waals surface area contributed by atoms with Crippen molar-refractivity contribution in [2.45, 2.75) is 0 Å². The number of carbonyl (C=O) groups excluding carboxylic acids is 1. The van der Waals surface area contributed by atoms with Crippen LogP contribution in [0.5, 0.6) is 0 Å². The third-order valence-corrected chi connectivity index (χ3v) is 3.43. The van der Waals surface area contributed by atoms with Crippen molar-refractivity contribution >= 4 is 45.3 Å². The Hall–Kier alpha value is -2.16. The Morgan fingerprint density at radius 1 is 1.10 bits per heavy atom. The number of fused-ring (bicyclic) bond motifs is 1. The predicted molar refractivity (Wildman–Crippen MR) is 83.8 cm³/mol. The van der Waals surface area contributed by atoms with E-state index in [9.17, 15) is 9.59 Å². The molecule has 0 aliphatic carbocycles. The summed E-state index contributed by atoms with van der Waals surface area (Å²) in [6.07, 6.45) is 0. The quantitative estimate of drug-likeness (QED) is 0.595. The standard InChI is InChI=1S/C13H9IN4O2/c14-7-1-3-8(4-2-7)15-12(19)10-6-5-9-11(16-10)18-13(20)17-9/h1-6H,(H,15,19)(H2,16,17,18,20). The predicted octanol–water partition coefficient (Wildman–Crippen LogP) is 2.11. The van der Waals surface area contributed by atoms with Gasteiger partial charge in [0.1, 0.15) is 5.69 Å². The number of halogens is 1. The zero-order chi connectivity index (χ0) is 14.1. The van der Waals surface area contributed by atoms with Crippen LogP contribution in [-0.4, -0.2) is 20.9 Å². The summed E-state index contributed by atoms with van der Waals surface area (Å²) in [6, 6.07) is 10.6. The minimum Gasteiger partial charge on any atom is -0.321 e. The molecule has 2 heterocycles. The Morgan fingerprint density at radius 2 is 1.85 bits per heavy atom. The summed E-state index contributed by atoms with van der Waals surface area (Å²) >= 11 is 2.19. The van der Waals surface area contributed by atoms with E-state index in [4.69, 9.17) is 0 Å². The summed E-state index contributed by atoms with van der Waals surface area (Å²) in [5.41, 5.74) is 1.53. The number of hydrogen-bond acceptors (Lipinski definition) is 3. The van der Waals surface area contributed by atoms with Gasteiger partial charge in [0.05, 0.1) is 5.52 Å². The van der Waals surface area contributed by atoms with Crippen LogP contribution in [0, 0.1) is 3.57 Å². The highest BCUT2D eigenvalue weighted by atomic mass is 127. The zero-order valence-corrected chi connectivity index (χ0v) is 12.3. The molecule has 0 aliphatic rings. The molecule has 7 heteroatoms. The Kier molecular flexibility index (Phi) is 3.26. The molecule has 0 spiro atoms. The first kappa shape index (κ1) is 12.9. The maximum Gasteiger partial charge on any atom is 0.325 e. The minimum absolute atomic E-state index is 0.242. The van der Waals surface area contributed by atoms with Gasteiger partial charge in [0.2, 0.25) is 0 Å². The van der Waals surface area contributed by atoms with Crippen LogP contribution in [0.3, 0.4) is 0 Å². The zero-order valence-electron chi connectivity index (χ0n) is 10.1. The van der Waals surface area contributed by atoms with Gasteiger partial charge in [-0.25, -0.2) is 9.78 Å². The number of nitrogens with zero attached hydrogens (tertiary/aromatic N) is 1. The molecule has 0 aliphatic heterocycles. The minimum atomic E-state index is -0.345. The number of H-pyrrole nitrogens is 2. The monoisotopic (exact) mass is 380 g/mol. The SMILES string of the molecule is O=C(Nc1ccc(I)cc1)c1ccc2[nH]c(=O)[nH]c2n1. The summed E-state index contributed by atoms with van der Waals surface area (Å²) in [7, 11) is 0. The van der Waals surface area contributed by atoms with E-state index in [0.29, 0.717) is 16.9 Å². The third kappa shape index (κ3) is 2.57. The van der Waals surface area contributed by atoms with Crippen molar-refractivity contribution < 1.29 is 4.79 Å². The molecule has 0 atom stereocenters. The smallest absolute Gasteiger partial charge is 0.321 e. The number of rotatable bonds is 2. The van der Waals surface area contributed by atoms with Gasteiger partial charge in [0.25, 0.3) is 5.91 Å². The number of hydrogen-bond donors (Lipinski definition) is 3. The molecule has 0 radical (unpaired) electrons. The normalized spacial score (nSPS) is 10.7. The summed E-state index contributed by atoms with van der Waals surface area (Å²) in [6.45, 7) is 0. The van der Waals surface area contributed by atoms with E-state index in [2.05, 4.69) is 42.9 Å². The highest BCUT2D eigenvalue weighted by molar-refractivity contribution is 14.1. The van der Waals surface area contributed by atoms with Gasteiger partial charge in [-0.2, -0.15) is 0 Å². The maximum atomic E-state index is 12.1. The molecule has 1 aromatic carbocycles. The van der Waals surface area contributed by atoms with Crippen molar-refractivity contribution in [3.05, 3.63) is 56.1 Å². The van der Waals surface area contributed by atoms with Gasteiger partial charge in [-0.15, -0.1) is 0 Å². The van der Waals surface area contributed by atoms with Gasteiger partial charge in [-0.1, -0.05) is 0 Å². The van der Waals surface area contributed by atoms with E-state index >= 15 is 0 Å². The van der Waals surface area contributed by atoms with Gasteiger partial charge in [0.15, 0.2) is 5.65 Å². The molecule has 20 heavy (non-hydrogen) atoms. The van der Waals surface area contributed by atoms with Crippen LogP contribution >= 0.6 is 22.6 Å². The lowest BCUT2D eigenvalue weighted by molar-refractivity contribution is 0.102. The van der Waals surface area contributed by atoms with Gasteiger partial charge < -0.3 is 10.3 Å². The van der Waals surface area contributed by atoms with Crippen LogP contribution < -0.4 is 11.0 Å². The second-order valence-corrected chi connectivity index (χ2v) is 5.38. The van der Waals surface area contributed by atoms with Crippen LogP contribution in [0.15, 0.2) is 41.2 Å². The number of aromatic amines is 2. The van der Waals surface area contributed by atoms with Crippen molar-refractivity contribution in [3.63, 3.8) is 0 Å². The lowest BCUT2D eigenvalue weighted by atomic mass is 10.3. The van der Waals surface area contributed by atoms with Crippen LogP contribution in [0.4, 0.5) is 5.69 Å². The molecular weight excluding hydrogens is 371 g/mol. The number of anilines is 1. The van der Waals surface area contributed by atoms with Crippen molar-refractivity contribution in [1.29, 1.82) is 0 Å². The molecule has 0 unspecified atom stereocenters. The number of amides is 1. The topological polar surface area (TPSA) is 90.6 Å². The molecular formula is C13H9IN4O2. The summed E-state index contributed by atoms with van der Waals surface area (Å²) in [4.78, 5) is 32.4. The highest BCUT2D eigenvalue weighted by Gasteiger charge is 2.09. The first-order valence-electron chi connectivity index (χ1n) is 5.78. The molecule has 3 aromatic rings. The average molecular weight is 380 g/mol. The lowest BCUT2D eigenvalue weighted by Crippen LogP contribution is -2.13. The maximum absolute atomic E-state index is 12.1. The molecule has 0 saturated heterocycles. The number of carbonyl (C=O) groups is 1. The lowest BCUT2D eigenvalue weighted by Gasteiger charge is -2.04.